The molecule has 0 saturated carbocycles. The largest absolute Gasteiger partial charge is 0.618 e. The van der Waals surface area contributed by atoms with Crippen molar-refractivity contribution >= 4 is 58.2 Å². The highest BCUT2D eigenvalue weighted by Gasteiger charge is 2.13. The van der Waals surface area contributed by atoms with E-state index < -0.39 is 0 Å². The molecule has 0 unspecified atom stereocenters. The van der Waals surface area contributed by atoms with Crippen molar-refractivity contribution in [1.29, 1.82) is 0 Å². The highest BCUT2D eigenvalue weighted by atomic mass is 35.5. The maximum atomic E-state index is 11.9. The van der Waals surface area contributed by atoms with E-state index in [1.165, 1.54) is 18.3 Å². The number of thioether (sulfide) groups is 1. The molecule has 21 heavy (non-hydrogen) atoms. The van der Waals surface area contributed by atoms with Crippen LogP contribution in [0.4, 0.5) is 5.69 Å². The van der Waals surface area contributed by atoms with E-state index in [0.29, 0.717) is 20.5 Å². The lowest BCUT2D eigenvalue weighted by molar-refractivity contribution is -0.645. The lowest BCUT2D eigenvalue weighted by Gasteiger charge is -2.09. The van der Waals surface area contributed by atoms with E-state index >= 15 is 0 Å². The summed E-state index contributed by atoms with van der Waals surface area (Å²) in [6, 6.07) is 7.94. The van der Waals surface area contributed by atoms with Crippen LogP contribution in [0.1, 0.15) is 0 Å². The zero-order valence-electron chi connectivity index (χ0n) is 10.5. The average Bonchev–Trinajstić information content (AvgIpc) is 2.42. The smallest absolute Gasteiger partial charge is 0.251 e. The lowest BCUT2D eigenvalue weighted by atomic mass is 10.3. The first-order valence-electron chi connectivity index (χ1n) is 5.73. The highest BCUT2D eigenvalue weighted by Crippen LogP contribution is 2.33. The number of nitrogens with zero attached hydrogens (tertiary/aromatic N) is 1. The van der Waals surface area contributed by atoms with Crippen LogP contribution in [-0.2, 0) is 4.79 Å². The second-order valence-electron chi connectivity index (χ2n) is 3.95. The number of pyridine rings is 1. The molecule has 0 aliphatic heterocycles. The number of carbonyl (C=O) groups excluding carboxylic acids is 1. The number of anilines is 1. The topological polar surface area (TPSA) is 56.0 Å². The molecule has 1 amide bonds. The highest BCUT2D eigenvalue weighted by molar-refractivity contribution is 7.99. The molecular formula is C13H9Cl3N2O2S. The number of carbonyl (C=O) groups is 1. The van der Waals surface area contributed by atoms with Gasteiger partial charge in [-0.1, -0.05) is 34.8 Å². The Morgan fingerprint density at radius 1 is 1.24 bits per heavy atom. The maximum Gasteiger partial charge on any atom is 0.251 e. The molecule has 0 bridgehead atoms. The molecule has 0 aliphatic rings. The zero-order valence-corrected chi connectivity index (χ0v) is 13.6. The number of hydrogen-bond donors (Lipinski definition) is 1. The summed E-state index contributed by atoms with van der Waals surface area (Å²) in [7, 11) is 0. The molecule has 0 aliphatic carbocycles. The molecule has 8 heteroatoms. The van der Waals surface area contributed by atoms with Gasteiger partial charge in [-0.05, 0) is 30.0 Å². The molecule has 1 aromatic carbocycles. The minimum absolute atomic E-state index is 0.0571. The first-order chi connectivity index (χ1) is 9.97. The van der Waals surface area contributed by atoms with Crippen LogP contribution >= 0.6 is 46.6 Å². The van der Waals surface area contributed by atoms with E-state index in [1.54, 1.807) is 18.2 Å². The summed E-state index contributed by atoms with van der Waals surface area (Å²) >= 11 is 18.9. The molecule has 2 rings (SSSR count). The third-order valence-corrected chi connectivity index (χ3v) is 4.24. The molecule has 110 valence electrons. The summed E-state index contributed by atoms with van der Waals surface area (Å²) in [6.45, 7) is 0. The monoisotopic (exact) mass is 362 g/mol. The lowest BCUT2D eigenvalue weighted by Crippen LogP contribution is -2.28. The van der Waals surface area contributed by atoms with Crippen LogP contribution in [0, 0.1) is 5.21 Å². The van der Waals surface area contributed by atoms with Gasteiger partial charge in [-0.25, -0.2) is 0 Å². The fourth-order valence-corrected chi connectivity index (χ4v) is 3.13. The Kier molecular flexibility index (Phi) is 5.58. The Hall–Kier alpha value is -1.14. The number of halogens is 3. The Morgan fingerprint density at radius 3 is 2.52 bits per heavy atom. The van der Waals surface area contributed by atoms with E-state index in [-0.39, 0.29) is 21.7 Å². The molecule has 0 spiro atoms. The van der Waals surface area contributed by atoms with Gasteiger partial charge in [0, 0.05) is 17.2 Å². The van der Waals surface area contributed by atoms with E-state index in [4.69, 9.17) is 34.8 Å². The van der Waals surface area contributed by atoms with Crippen LogP contribution in [0.15, 0.2) is 41.6 Å². The molecule has 4 nitrogen and oxygen atoms in total. The molecule has 0 saturated heterocycles. The SMILES string of the molecule is O=C(CSc1cccc[n+]1[O-])Nc1c(Cl)cc(Cl)cc1Cl. The fraction of sp³-hybridized carbons (Fsp3) is 0.0769. The zero-order chi connectivity index (χ0) is 15.4. The van der Waals surface area contributed by atoms with Crippen LogP contribution in [0.5, 0.6) is 0 Å². The van der Waals surface area contributed by atoms with Gasteiger partial charge in [0.25, 0.3) is 5.03 Å². The number of amides is 1. The Labute approximate surface area is 140 Å². The number of hydrogen-bond acceptors (Lipinski definition) is 3. The summed E-state index contributed by atoms with van der Waals surface area (Å²) < 4.78 is 0.695. The van der Waals surface area contributed by atoms with Crippen molar-refractivity contribution in [2.75, 3.05) is 11.1 Å². The standard InChI is InChI=1S/C13H9Cl3N2O2S/c14-8-5-9(15)13(10(16)6-8)17-11(19)7-21-12-3-1-2-4-18(12)20/h1-6H,7H2,(H,17,19). The molecule has 1 N–H and O–H groups in total. The third-order valence-electron chi connectivity index (χ3n) is 2.41. The van der Waals surface area contributed by atoms with Crippen molar-refractivity contribution in [1.82, 2.24) is 0 Å². The molecular weight excluding hydrogens is 355 g/mol. The fourth-order valence-electron chi connectivity index (χ4n) is 1.50. The van der Waals surface area contributed by atoms with E-state index in [9.17, 15) is 10.0 Å². The summed E-state index contributed by atoms with van der Waals surface area (Å²) in [5.74, 6) is -0.267. The Morgan fingerprint density at radius 2 is 1.90 bits per heavy atom. The van der Waals surface area contributed by atoms with Crippen LogP contribution in [-0.4, -0.2) is 11.7 Å². The molecule has 0 radical (unpaired) electrons. The maximum absolute atomic E-state index is 11.9. The average molecular weight is 364 g/mol. The van der Waals surface area contributed by atoms with Crippen molar-refractivity contribution in [3.8, 4) is 0 Å². The molecule has 0 atom stereocenters. The van der Waals surface area contributed by atoms with Crippen LogP contribution in [0.2, 0.25) is 15.1 Å². The molecule has 1 heterocycles. The second-order valence-corrected chi connectivity index (χ2v) is 6.19. The van der Waals surface area contributed by atoms with Gasteiger partial charge in [-0.15, -0.1) is 0 Å². The van der Waals surface area contributed by atoms with Crippen LogP contribution in [0.25, 0.3) is 0 Å². The number of rotatable bonds is 4. The predicted molar refractivity (Wildman–Crippen MR) is 86.2 cm³/mol. The minimum Gasteiger partial charge on any atom is -0.618 e. The Balaban J connectivity index is 2.01. The molecule has 1 aromatic heterocycles. The summed E-state index contributed by atoms with van der Waals surface area (Å²) in [5.41, 5.74) is 0.302. The van der Waals surface area contributed by atoms with Gasteiger partial charge in [0.05, 0.1) is 21.5 Å². The first-order valence-corrected chi connectivity index (χ1v) is 7.84. The summed E-state index contributed by atoms with van der Waals surface area (Å²) in [5, 5.41) is 15.4. The van der Waals surface area contributed by atoms with Crippen molar-refractivity contribution in [2.45, 2.75) is 5.03 Å². The van der Waals surface area contributed by atoms with Gasteiger partial charge >= 0.3 is 0 Å². The third kappa shape index (κ3) is 4.41. The minimum atomic E-state index is -0.324. The van der Waals surface area contributed by atoms with E-state index in [0.717, 1.165) is 11.8 Å². The van der Waals surface area contributed by atoms with Crippen LogP contribution < -0.4 is 10.0 Å². The van der Waals surface area contributed by atoms with Crippen molar-refractivity contribution < 1.29 is 9.52 Å². The normalized spacial score (nSPS) is 10.4. The van der Waals surface area contributed by atoms with Gasteiger partial charge in [-0.2, -0.15) is 4.73 Å². The number of benzene rings is 1. The van der Waals surface area contributed by atoms with Crippen LogP contribution in [0.3, 0.4) is 0 Å². The van der Waals surface area contributed by atoms with Gasteiger partial charge in [0.2, 0.25) is 5.91 Å². The Bertz CT molecular complexity index is 659. The summed E-state index contributed by atoms with van der Waals surface area (Å²) in [6.07, 6.45) is 1.37. The predicted octanol–water partition coefficient (Wildman–Crippen LogP) is 4.01. The summed E-state index contributed by atoms with van der Waals surface area (Å²) in [4.78, 5) is 11.9. The second kappa shape index (κ2) is 7.22. The van der Waals surface area contributed by atoms with Gasteiger partial charge < -0.3 is 10.5 Å². The van der Waals surface area contributed by atoms with Crippen molar-refractivity contribution in [2.24, 2.45) is 0 Å². The molecule has 2 aromatic rings. The van der Waals surface area contributed by atoms with E-state index in [1.807, 2.05) is 0 Å². The quantitative estimate of drug-likeness (QED) is 0.507. The van der Waals surface area contributed by atoms with Gasteiger partial charge in [0.15, 0.2) is 6.20 Å². The van der Waals surface area contributed by atoms with Gasteiger partial charge in [-0.3, -0.25) is 4.79 Å². The van der Waals surface area contributed by atoms with E-state index in [2.05, 4.69) is 5.32 Å². The van der Waals surface area contributed by atoms with Crippen molar-refractivity contribution in [3.63, 3.8) is 0 Å². The first kappa shape index (κ1) is 16.2. The van der Waals surface area contributed by atoms with Crippen molar-refractivity contribution in [3.05, 3.63) is 56.8 Å². The number of nitrogens with one attached hydrogen (secondary N) is 1. The van der Waals surface area contributed by atoms with Gasteiger partial charge in [0.1, 0.15) is 0 Å². The number of aromatic nitrogens is 1. The molecule has 0 fully saturated rings.